The zero-order valence-electron chi connectivity index (χ0n) is 13.0. The number of allylic oxidation sites excluding steroid dienone is 2. The lowest BCUT2D eigenvalue weighted by Crippen LogP contribution is -1.98. The number of hydrogen-bond acceptors (Lipinski definition) is 0. The third kappa shape index (κ3) is 3.25. The summed E-state index contributed by atoms with van der Waals surface area (Å²) in [4.78, 5) is 0. The maximum atomic E-state index is 2.32. The lowest BCUT2D eigenvalue weighted by atomic mass is 9.87. The van der Waals surface area contributed by atoms with Gasteiger partial charge in [0.15, 0.2) is 0 Å². The highest BCUT2D eigenvalue weighted by atomic mass is 14.2. The van der Waals surface area contributed by atoms with Crippen molar-refractivity contribution in [1.29, 1.82) is 0 Å². The Hall–Kier alpha value is -1.04. The van der Waals surface area contributed by atoms with Gasteiger partial charge in [-0.1, -0.05) is 44.4 Å². The zero-order chi connectivity index (χ0) is 13.7. The standard InChI is InChI=1S/C18H28/c1-7-9-14(4)17(10-8-2)18-15(5)12-11-13(3)16(18)6/h11-12H,7-10H2,1-6H3/b17-14+. The topological polar surface area (TPSA) is 0 Å². The molecule has 0 N–H and O–H groups in total. The van der Waals surface area contributed by atoms with E-state index in [-0.39, 0.29) is 0 Å². The molecule has 0 heterocycles. The van der Waals surface area contributed by atoms with E-state index in [0.717, 1.165) is 0 Å². The Labute approximate surface area is 113 Å². The molecule has 0 spiro atoms. The van der Waals surface area contributed by atoms with Crippen LogP contribution in [0.4, 0.5) is 0 Å². The van der Waals surface area contributed by atoms with Crippen LogP contribution in [0.3, 0.4) is 0 Å². The first-order valence-electron chi connectivity index (χ1n) is 7.28. The van der Waals surface area contributed by atoms with Crippen LogP contribution in [0.2, 0.25) is 0 Å². The molecular weight excluding hydrogens is 216 g/mol. The molecule has 0 bridgehead atoms. The normalized spacial score (nSPS) is 12.6. The van der Waals surface area contributed by atoms with Gasteiger partial charge in [-0.3, -0.25) is 0 Å². The Bertz CT molecular complexity index is 436. The summed E-state index contributed by atoms with van der Waals surface area (Å²) in [5.74, 6) is 0. The van der Waals surface area contributed by atoms with E-state index in [9.17, 15) is 0 Å². The number of rotatable bonds is 5. The summed E-state index contributed by atoms with van der Waals surface area (Å²) in [5, 5.41) is 0. The van der Waals surface area contributed by atoms with E-state index >= 15 is 0 Å². The van der Waals surface area contributed by atoms with Crippen molar-refractivity contribution in [1.82, 2.24) is 0 Å². The fourth-order valence-electron chi connectivity index (χ4n) is 2.74. The Morgan fingerprint density at radius 3 is 2.00 bits per heavy atom. The molecule has 0 aromatic heterocycles. The van der Waals surface area contributed by atoms with E-state index in [4.69, 9.17) is 0 Å². The second-order valence-corrected chi connectivity index (χ2v) is 5.46. The summed E-state index contributed by atoms with van der Waals surface area (Å²) in [6.07, 6.45) is 4.89. The molecule has 0 saturated heterocycles. The van der Waals surface area contributed by atoms with Gasteiger partial charge in [0, 0.05) is 0 Å². The molecule has 0 atom stereocenters. The van der Waals surface area contributed by atoms with Gasteiger partial charge >= 0.3 is 0 Å². The Kier molecular flexibility index (Phi) is 5.65. The van der Waals surface area contributed by atoms with Gasteiger partial charge in [-0.25, -0.2) is 0 Å². The largest absolute Gasteiger partial charge is 0.0695 e. The van der Waals surface area contributed by atoms with Gasteiger partial charge in [-0.2, -0.15) is 0 Å². The molecule has 0 aliphatic rings. The SMILES string of the molecule is CCC/C(C)=C(\CCC)c1c(C)ccc(C)c1C. The summed E-state index contributed by atoms with van der Waals surface area (Å²) in [6.45, 7) is 13.6. The van der Waals surface area contributed by atoms with Gasteiger partial charge in [-0.15, -0.1) is 0 Å². The first-order chi connectivity index (χ1) is 8.52. The van der Waals surface area contributed by atoms with Gasteiger partial charge in [0.2, 0.25) is 0 Å². The predicted octanol–water partition coefficient (Wildman–Crippen LogP) is 5.99. The van der Waals surface area contributed by atoms with Crippen molar-refractivity contribution in [3.63, 3.8) is 0 Å². The van der Waals surface area contributed by atoms with E-state index in [1.54, 1.807) is 11.1 Å². The van der Waals surface area contributed by atoms with Crippen molar-refractivity contribution < 1.29 is 0 Å². The monoisotopic (exact) mass is 244 g/mol. The predicted molar refractivity (Wildman–Crippen MR) is 83.1 cm³/mol. The molecule has 0 aliphatic heterocycles. The van der Waals surface area contributed by atoms with Crippen molar-refractivity contribution in [2.24, 2.45) is 0 Å². The molecule has 1 rings (SSSR count). The molecule has 18 heavy (non-hydrogen) atoms. The first kappa shape index (κ1) is 15.0. The number of benzene rings is 1. The molecule has 0 radical (unpaired) electrons. The summed E-state index contributed by atoms with van der Waals surface area (Å²) in [6, 6.07) is 4.51. The van der Waals surface area contributed by atoms with Crippen LogP contribution < -0.4 is 0 Å². The number of aryl methyl sites for hydroxylation is 2. The molecule has 0 aliphatic carbocycles. The van der Waals surface area contributed by atoms with E-state index in [0.29, 0.717) is 0 Å². The quantitative estimate of drug-likeness (QED) is 0.597. The van der Waals surface area contributed by atoms with Crippen LogP contribution in [0.1, 0.15) is 68.7 Å². The number of hydrogen-bond donors (Lipinski definition) is 0. The van der Waals surface area contributed by atoms with Gasteiger partial charge in [0.1, 0.15) is 0 Å². The highest BCUT2D eigenvalue weighted by molar-refractivity contribution is 5.74. The third-order valence-corrected chi connectivity index (χ3v) is 3.89. The fraction of sp³-hybridized carbons (Fsp3) is 0.556. The average molecular weight is 244 g/mol. The van der Waals surface area contributed by atoms with Crippen LogP contribution in [0.25, 0.3) is 5.57 Å². The van der Waals surface area contributed by atoms with Crippen molar-refractivity contribution in [3.8, 4) is 0 Å². The molecule has 0 fully saturated rings. The van der Waals surface area contributed by atoms with Crippen LogP contribution in [-0.4, -0.2) is 0 Å². The van der Waals surface area contributed by atoms with Crippen LogP contribution in [0, 0.1) is 20.8 Å². The van der Waals surface area contributed by atoms with Crippen LogP contribution in [0.5, 0.6) is 0 Å². The molecular formula is C18H28. The highest BCUT2D eigenvalue weighted by Crippen LogP contribution is 2.32. The lowest BCUT2D eigenvalue weighted by Gasteiger charge is -2.18. The molecule has 1 aromatic rings. The van der Waals surface area contributed by atoms with Gasteiger partial charge in [0.25, 0.3) is 0 Å². The molecule has 0 heteroatoms. The summed E-state index contributed by atoms with van der Waals surface area (Å²) >= 11 is 0. The first-order valence-corrected chi connectivity index (χ1v) is 7.28. The van der Waals surface area contributed by atoms with Crippen molar-refractivity contribution >= 4 is 5.57 Å². The second kappa shape index (κ2) is 6.78. The van der Waals surface area contributed by atoms with Gasteiger partial charge < -0.3 is 0 Å². The van der Waals surface area contributed by atoms with Crippen LogP contribution >= 0.6 is 0 Å². The maximum absolute atomic E-state index is 2.32. The maximum Gasteiger partial charge on any atom is -0.0164 e. The Morgan fingerprint density at radius 1 is 0.889 bits per heavy atom. The van der Waals surface area contributed by atoms with Crippen molar-refractivity contribution in [2.45, 2.75) is 67.2 Å². The average Bonchev–Trinajstić information content (AvgIpc) is 2.33. The van der Waals surface area contributed by atoms with E-state index in [1.165, 1.54) is 47.9 Å². The lowest BCUT2D eigenvalue weighted by molar-refractivity contribution is 0.885. The van der Waals surface area contributed by atoms with Crippen LogP contribution in [-0.2, 0) is 0 Å². The summed E-state index contributed by atoms with van der Waals surface area (Å²) in [5.41, 5.74) is 9.00. The Morgan fingerprint density at radius 2 is 1.44 bits per heavy atom. The molecule has 100 valence electrons. The van der Waals surface area contributed by atoms with E-state index in [1.807, 2.05) is 0 Å². The Balaban J connectivity index is 3.39. The van der Waals surface area contributed by atoms with Crippen molar-refractivity contribution in [3.05, 3.63) is 40.0 Å². The molecule has 0 saturated carbocycles. The van der Waals surface area contributed by atoms with Gasteiger partial charge in [0.05, 0.1) is 0 Å². The minimum Gasteiger partial charge on any atom is -0.0695 e. The summed E-state index contributed by atoms with van der Waals surface area (Å²) in [7, 11) is 0. The second-order valence-electron chi connectivity index (χ2n) is 5.46. The van der Waals surface area contributed by atoms with E-state index in [2.05, 4.69) is 53.7 Å². The molecule has 0 unspecified atom stereocenters. The molecule has 1 aromatic carbocycles. The van der Waals surface area contributed by atoms with Gasteiger partial charge in [-0.05, 0) is 68.4 Å². The molecule has 0 amide bonds. The minimum absolute atomic E-state index is 1.21. The van der Waals surface area contributed by atoms with E-state index < -0.39 is 0 Å². The molecule has 0 nitrogen and oxygen atoms in total. The van der Waals surface area contributed by atoms with Crippen molar-refractivity contribution in [2.75, 3.05) is 0 Å². The highest BCUT2D eigenvalue weighted by Gasteiger charge is 2.12. The third-order valence-electron chi connectivity index (χ3n) is 3.89. The smallest absolute Gasteiger partial charge is 0.0164 e. The fourth-order valence-corrected chi connectivity index (χ4v) is 2.74. The summed E-state index contributed by atoms with van der Waals surface area (Å²) < 4.78 is 0. The zero-order valence-corrected chi connectivity index (χ0v) is 13.0. The minimum atomic E-state index is 1.21. The van der Waals surface area contributed by atoms with Crippen LogP contribution in [0.15, 0.2) is 17.7 Å².